The van der Waals surface area contributed by atoms with E-state index in [4.69, 9.17) is 14.5 Å². The summed E-state index contributed by atoms with van der Waals surface area (Å²) in [7, 11) is 1.61. The molecule has 0 saturated heterocycles. The van der Waals surface area contributed by atoms with Crippen molar-refractivity contribution in [1.29, 1.82) is 0 Å². The molecule has 0 radical (unpaired) electrons. The number of hydrogen-bond donors (Lipinski definition) is 1. The van der Waals surface area contributed by atoms with E-state index < -0.39 is 0 Å². The van der Waals surface area contributed by atoms with E-state index in [1.165, 1.54) is 4.88 Å². The van der Waals surface area contributed by atoms with E-state index in [1.807, 2.05) is 42.8 Å². The van der Waals surface area contributed by atoms with E-state index in [0.717, 1.165) is 22.6 Å². The van der Waals surface area contributed by atoms with Crippen LogP contribution in [0.4, 0.5) is 0 Å². The molecule has 0 aliphatic heterocycles. The second kappa shape index (κ2) is 7.50. The highest BCUT2D eigenvalue weighted by Crippen LogP contribution is 2.25. The largest absolute Gasteiger partial charge is 0.481 e. The molecular formula is C19H21N5O2S. The number of hydrogen-bond acceptors (Lipinski definition) is 6. The van der Waals surface area contributed by atoms with Crippen LogP contribution in [0.25, 0.3) is 22.6 Å². The quantitative estimate of drug-likeness (QED) is 0.524. The number of fused-ring (bicyclic) bond motifs is 1. The predicted octanol–water partition coefficient (Wildman–Crippen LogP) is 3.86. The molecule has 0 bridgehead atoms. The maximum Gasteiger partial charge on any atom is 0.214 e. The number of nitrogens with zero attached hydrogens (tertiary/aromatic N) is 4. The zero-order valence-electron chi connectivity index (χ0n) is 15.5. The highest BCUT2D eigenvalue weighted by Gasteiger charge is 2.16. The SMILES string of the molecule is COc1ccc2cc(-c3nc(COC(C)C)nn3Cc3cccs3)[nH]c2n1. The van der Waals surface area contributed by atoms with Crippen LogP contribution in [0.2, 0.25) is 0 Å². The lowest BCUT2D eigenvalue weighted by Crippen LogP contribution is -2.05. The molecule has 0 atom stereocenters. The fourth-order valence-corrected chi connectivity index (χ4v) is 3.46. The van der Waals surface area contributed by atoms with Crippen molar-refractivity contribution in [3.8, 4) is 17.4 Å². The van der Waals surface area contributed by atoms with Crippen LogP contribution >= 0.6 is 11.3 Å². The molecule has 1 N–H and O–H groups in total. The lowest BCUT2D eigenvalue weighted by Gasteiger charge is -2.03. The monoisotopic (exact) mass is 383 g/mol. The molecule has 4 rings (SSSR count). The molecule has 7 nitrogen and oxygen atoms in total. The van der Waals surface area contributed by atoms with Gasteiger partial charge < -0.3 is 14.5 Å². The summed E-state index contributed by atoms with van der Waals surface area (Å²) in [4.78, 5) is 13.7. The van der Waals surface area contributed by atoms with Gasteiger partial charge in [-0.1, -0.05) is 6.07 Å². The van der Waals surface area contributed by atoms with E-state index >= 15 is 0 Å². The Balaban J connectivity index is 1.72. The third-order valence-corrected chi connectivity index (χ3v) is 4.91. The van der Waals surface area contributed by atoms with Crippen molar-refractivity contribution in [2.45, 2.75) is 33.1 Å². The van der Waals surface area contributed by atoms with Gasteiger partial charge in [-0.25, -0.2) is 9.67 Å². The first-order valence-electron chi connectivity index (χ1n) is 8.74. The van der Waals surface area contributed by atoms with Gasteiger partial charge in [0.25, 0.3) is 0 Å². The van der Waals surface area contributed by atoms with Crippen LogP contribution in [0, 0.1) is 0 Å². The number of aromatic nitrogens is 5. The van der Waals surface area contributed by atoms with Crippen LogP contribution in [-0.4, -0.2) is 37.9 Å². The summed E-state index contributed by atoms with van der Waals surface area (Å²) >= 11 is 1.70. The molecule has 0 aliphatic rings. The van der Waals surface area contributed by atoms with Gasteiger partial charge in [0, 0.05) is 16.3 Å². The number of ether oxygens (including phenoxy) is 2. The summed E-state index contributed by atoms with van der Waals surface area (Å²) in [5, 5.41) is 7.72. The fourth-order valence-electron chi connectivity index (χ4n) is 2.77. The summed E-state index contributed by atoms with van der Waals surface area (Å²) in [6.45, 7) is 5.04. The molecule has 4 aromatic rings. The fraction of sp³-hybridized carbons (Fsp3) is 0.316. The van der Waals surface area contributed by atoms with E-state index in [-0.39, 0.29) is 6.10 Å². The summed E-state index contributed by atoms with van der Waals surface area (Å²) in [6, 6.07) is 9.99. The van der Waals surface area contributed by atoms with Gasteiger partial charge in [-0.15, -0.1) is 11.3 Å². The minimum atomic E-state index is 0.127. The van der Waals surface area contributed by atoms with Crippen LogP contribution in [0.1, 0.15) is 24.5 Å². The Morgan fingerprint density at radius 3 is 2.85 bits per heavy atom. The maximum atomic E-state index is 5.68. The smallest absolute Gasteiger partial charge is 0.214 e. The van der Waals surface area contributed by atoms with Gasteiger partial charge in [-0.2, -0.15) is 10.1 Å². The summed E-state index contributed by atoms with van der Waals surface area (Å²) in [5.41, 5.74) is 1.63. The van der Waals surface area contributed by atoms with E-state index in [9.17, 15) is 0 Å². The lowest BCUT2D eigenvalue weighted by molar-refractivity contribution is 0.0612. The highest BCUT2D eigenvalue weighted by molar-refractivity contribution is 7.09. The molecule has 140 valence electrons. The second-order valence-electron chi connectivity index (χ2n) is 6.42. The van der Waals surface area contributed by atoms with Crippen LogP contribution < -0.4 is 4.74 Å². The Labute approximate surface area is 161 Å². The summed E-state index contributed by atoms with van der Waals surface area (Å²) in [5.74, 6) is 2.00. The number of H-pyrrole nitrogens is 1. The first-order chi connectivity index (χ1) is 13.1. The predicted molar refractivity (Wildman–Crippen MR) is 105 cm³/mol. The Bertz CT molecular complexity index is 1040. The molecule has 4 heterocycles. The first kappa shape index (κ1) is 17.7. The van der Waals surface area contributed by atoms with E-state index in [1.54, 1.807) is 18.4 Å². The number of thiophene rings is 1. The maximum absolute atomic E-state index is 5.68. The molecule has 0 aromatic carbocycles. The summed E-state index contributed by atoms with van der Waals surface area (Å²) < 4.78 is 12.8. The van der Waals surface area contributed by atoms with Gasteiger partial charge in [0.05, 0.1) is 25.5 Å². The van der Waals surface area contributed by atoms with Gasteiger partial charge in [-0.3, -0.25) is 0 Å². The molecule has 0 amide bonds. The Hall–Kier alpha value is -2.71. The normalized spacial score (nSPS) is 11.6. The summed E-state index contributed by atoms with van der Waals surface area (Å²) in [6.07, 6.45) is 0.127. The van der Waals surface area contributed by atoms with E-state index in [2.05, 4.69) is 26.5 Å². The number of pyridine rings is 1. The van der Waals surface area contributed by atoms with Crippen LogP contribution in [0.15, 0.2) is 35.7 Å². The van der Waals surface area contributed by atoms with Gasteiger partial charge in [0.2, 0.25) is 5.88 Å². The number of methoxy groups -OCH3 is 1. The Morgan fingerprint density at radius 2 is 2.11 bits per heavy atom. The van der Waals surface area contributed by atoms with E-state index in [0.29, 0.717) is 24.9 Å². The van der Waals surface area contributed by atoms with Gasteiger partial charge in [0.15, 0.2) is 11.6 Å². The van der Waals surface area contributed by atoms with Crippen molar-refractivity contribution in [2.75, 3.05) is 7.11 Å². The zero-order chi connectivity index (χ0) is 18.8. The van der Waals surface area contributed by atoms with Gasteiger partial charge >= 0.3 is 0 Å². The Kier molecular flexibility index (Phi) is 4.91. The highest BCUT2D eigenvalue weighted by atomic mass is 32.1. The number of aromatic amines is 1. The number of rotatable bonds is 7. The van der Waals surface area contributed by atoms with Crippen LogP contribution in [-0.2, 0) is 17.9 Å². The lowest BCUT2D eigenvalue weighted by atomic mass is 10.3. The standard InChI is InChI=1S/C19H21N5O2S/c1-12(2)26-11-16-21-19(24(23-16)10-14-5-4-8-27-14)15-9-13-6-7-17(25-3)22-18(13)20-15/h4-9,12H,10-11H2,1-3H3,(H,20,22). The second-order valence-corrected chi connectivity index (χ2v) is 7.46. The van der Waals surface area contributed by atoms with Gasteiger partial charge in [-0.05, 0) is 37.4 Å². The van der Waals surface area contributed by atoms with Crippen molar-refractivity contribution >= 4 is 22.4 Å². The minimum absolute atomic E-state index is 0.127. The van der Waals surface area contributed by atoms with Crippen molar-refractivity contribution in [1.82, 2.24) is 24.7 Å². The molecule has 8 heteroatoms. The molecule has 27 heavy (non-hydrogen) atoms. The Morgan fingerprint density at radius 1 is 1.22 bits per heavy atom. The van der Waals surface area contributed by atoms with Crippen molar-refractivity contribution in [2.24, 2.45) is 0 Å². The minimum Gasteiger partial charge on any atom is -0.481 e. The molecule has 0 spiro atoms. The van der Waals surface area contributed by atoms with Crippen LogP contribution in [0.5, 0.6) is 5.88 Å². The zero-order valence-corrected chi connectivity index (χ0v) is 16.3. The molecule has 0 fully saturated rings. The van der Waals surface area contributed by atoms with Crippen molar-refractivity contribution in [3.63, 3.8) is 0 Å². The molecular weight excluding hydrogens is 362 g/mol. The third-order valence-electron chi connectivity index (χ3n) is 4.05. The first-order valence-corrected chi connectivity index (χ1v) is 9.62. The molecule has 0 unspecified atom stereocenters. The van der Waals surface area contributed by atoms with Crippen molar-refractivity contribution in [3.05, 3.63) is 46.4 Å². The van der Waals surface area contributed by atoms with Crippen LogP contribution in [0.3, 0.4) is 0 Å². The molecule has 0 aliphatic carbocycles. The number of nitrogens with one attached hydrogen (secondary N) is 1. The molecule has 0 saturated carbocycles. The average Bonchev–Trinajstić information content (AvgIpc) is 3.39. The average molecular weight is 383 g/mol. The van der Waals surface area contributed by atoms with Gasteiger partial charge in [0.1, 0.15) is 12.3 Å². The third kappa shape index (κ3) is 3.86. The topological polar surface area (TPSA) is 77.9 Å². The van der Waals surface area contributed by atoms with Crippen molar-refractivity contribution < 1.29 is 9.47 Å². The molecule has 4 aromatic heterocycles.